The largest absolute Gasteiger partial charge is 0.460 e. The highest BCUT2D eigenvalue weighted by Crippen LogP contribution is 2.41. The van der Waals surface area contributed by atoms with Crippen molar-refractivity contribution in [3.8, 4) is 11.5 Å². The Morgan fingerprint density at radius 3 is 2.17 bits per heavy atom. The Bertz CT molecular complexity index is 586. The van der Waals surface area contributed by atoms with E-state index in [-0.39, 0.29) is 43.2 Å². The Labute approximate surface area is 146 Å². The van der Waals surface area contributed by atoms with Gasteiger partial charge in [-0.05, 0) is 44.9 Å². The van der Waals surface area contributed by atoms with Crippen molar-refractivity contribution < 1.29 is 28.5 Å². The quantitative estimate of drug-likeness (QED) is 0.608. The van der Waals surface area contributed by atoms with Crippen molar-refractivity contribution in [1.29, 1.82) is 0 Å². The van der Waals surface area contributed by atoms with Gasteiger partial charge in [-0.2, -0.15) is 0 Å². The van der Waals surface area contributed by atoms with Gasteiger partial charge >= 0.3 is 17.7 Å². The van der Waals surface area contributed by atoms with Crippen LogP contribution in [-0.4, -0.2) is 37.0 Å². The van der Waals surface area contributed by atoms with Crippen molar-refractivity contribution >= 4 is 24.3 Å². The Kier molecular flexibility index (Phi) is 6.86. The van der Waals surface area contributed by atoms with Gasteiger partial charge in [0.2, 0.25) is 0 Å². The predicted octanol–water partition coefficient (Wildman–Crippen LogP) is 1.59. The summed E-state index contributed by atoms with van der Waals surface area (Å²) in [7, 11) is 0. The van der Waals surface area contributed by atoms with Crippen LogP contribution < -0.4 is 15.2 Å². The normalized spacial score (nSPS) is 15.2. The molecule has 1 atom stereocenters. The van der Waals surface area contributed by atoms with Crippen LogP contribution in [0.3, 0.4) is 0 Å². The van der Waals surface area contributed by atoms with Crippen LogP contribution in [0.15, 0.2) is 18.2 Å². The zero-order valence-electron chi connectivity index (χ0n) is 13.9. The van der Waals surface area contributed by atoms with Gasteiger partial charge in [0.15, 0.2) is 11.5 Å². The lowest BCUT2D eigenvalue weighted by Crippen LogP contribution is -2.55. The van der Waals surface area contributed by atoms with Gasteiger partial charge in [-0.15, -0.1) is 12.4 Å². The maximum atomic E-state index is 12.2. The van der Waals surface area contributed by atoms with Crippen LogP contribution in [-0.2, 0) is 25.5 Å². The molecule has 1 heterocycles. The molecule has 134 valence electrons. The van der Waals surface area contributed by atoms with Crippen molar-refractivity contribution in [1.82, 2.24) is 0 Å². The molecule has 0 aliphatic carbocycles. The molecule has 0 saturated heterocycles. The average molecular weight is 360 g/mol. The summed E-state index contributed by atoms with van der Waals surface area (Å²) in [6.45, 7) is 5.29. The smallest absolute Gasteiger partial charge is 0.453 e. The van der Waals surface area contributed by atoms with Gasteiger partial charge in [-0.25, -0.2) is 9.59 Å². The summed E-state index contributed by atoms with van der Waals surface area (Å²) in [6.07, 6.45) is 0.627. The first kappa shape index (κ1) is 20.1. The summed E-state index contributed by atoms with van der Waals surface area (Å²) in [5.74, 6) is -3.57. The van der Waals surface area contributed by atoms with Crippen LogP contribution >= 0.6 is 12.4 Å². The molecule has 0 spiro atoms. The van der Waals surface area contributed by atoms with Crippen LogP contribution in [0.1, 0.15) is 26.3 Å². The molecule has 2 N–H and O–H groups in total. The van der Waals surface area contributed by atoms with E-state index < -0.39 is 17.7 Å². The first-order chi connectivity index (χ1) is 10.9. The Morgan fingerprint density at radius 2 is 1.67 bits per heavy atom. The molecule has 1 aromatic carbocycles. The number of ether oxygens (including phenoxy) is 4. The second kappa shape index (κ2) is 8.21. The summed E-state index contributed by atoms with van der Waals surface area (Å²) in [4.78, 5) is 24.4. The third kappa shape index (κ3) is 3.91. The number of rotatable bonds is 6. The molecule has 1 aliphatic heterocycles. The maximum absolute atomic E-state index is 12.2. The van der Waals surface area contributed by atoms with E-state index in [0.29, 0.717) is 6.42 Å². The van der Waals surface area contributed by atoms with Gasteiger partial charge in [-0.3, -0.25) is 0 Å². The highest BCUT2D eigenvalue weighted by molar-refractivity contribution is 6.03. The van der Waals surface area contributed by atoms with E-state index in [1.807, 2.05) is 6.92 Å². The van der Waals surface area contributed by atoms with E-state index in [4.69, 9.17) is 24.7 Å². The third-order valence-corrected chi connectivity index (χ3v) is 3.16. The minimum atomic E-state index is -2.25. The summed E-state index contributed by atoms with van der Waals surface area (Å²) in [6, 6.07) is 5.10. The van der Waals surface area contributed by atoms with Crippen LogP contribution in [0.25, 0.3) is 0 Å². The number of esters is 2. The number of fused-ring (bicyclic) bond motifs is 1. The monoisotopic (exact) mass is 359 g/mol. The lowest BCUT2D eigenvalue weighted by Gasteiger charge is -2.22. The van der Waals surface area contributed by atoms with Crippen LogP contribution in [0.4, 0.5) is 0 Å². The topological polar surface area (TPSA) is 97.1 Å². The van der Waals surface area contributed by atoms with Gasteiger partial charge in [0.25, 0.3) is 0 Å². The van der Waals surface area contributed by atoms with E-state index in [0.717, 1.165) is 5.56 Å². The van der Waals surface area contributed by atoms with E-state index in [2.05, 4.69) is 0 Å². The summed E-state index contributed by atoms with van der Waals surface area (Å²) in [5.41, 5.74) is 6.69. The fraction of sp³-hybridized carbons (Fsp3) is 0.500. The minimum absolute atomic E-state index is 0. The fourth-order valence-corrected chi connectivity index (χ4v) is 2.25. The Hall–Kier alpha value is -1.99. The molecule has 0 aromatic heterocycles. The second-order valence-electron chi connectivity index (χ2n) is 5.22. The van der Waals surface area contributed by atoms with Crippen molar-refractivity contribution in [3.63, 3.8) is 0 Å². The van der Waals surface area contributed by atoms with E-state index in [1.54, 1.807) is 32.0 Å². The summed E-state index contributed by atoms with van der Waals surface area (Å²) < 4.78 is 20.8. The third-order valence-electron chi connectivity index (χ3n) is 3.16. The van der Waals surface area contributed by atoms with Crippen molar-refractivity contribution in [2.24, 2.45) is 5.73 Å². The van der Waals surface area contributed by atoms with Gasteiger partial charge in [-0.1, -0.05) is 6.07 Å². The number of carbonyl (C=O) groups is 2. The molecule has 0 saturated carbocycles. The van der Waals surface area contributed by atoms with Gasteiger partial charge in [0, 0.05) is 6.04 Å². The predicted molar refractivity (Wildman–Crippen MR) is 88.3 cm³/mol. The summed E-state index contributed by atoms with van der Waals surface area (Å²) in [5, 5.41) is 0. The molecule has 0 fully saturated rings. The SMILES string of the molecule is CCOC(=O)C1(C(=O)OCC)Oc2ccc(CC(C)N)cc2O1.Cl. The second-order valence-corrected chi connectivity index (χ2v) is 5.22. The van der Waals surface area contributed by atoms with Crippen LogP contribution in [0, 0.1) is 0 Å². The number of carbonyl (C=O) groups excluding carboxylic acids is 2. The van der Waals surface area contributed by atoms with Gasteiger partial charge in [0.05, 0.1) is 13.2 Å². The van der Waals surface area contributed by atoms with E-state index >= 15 is 0 Å². The molecule has 1 unspecified atom stereocenters. The molecule has 2 rings (SSSR count). The number of nitrogens with two attached hydrogens (primary N) is 1. The maximum Gasteiger partial charge on any atom is 0.453 e. The number of hydrogen-bond acceptors (Lipinski definition) is 7. The molecule has 7 nitrogen and oxygen atoms in total. The van der Waals surface area contributed by atoms with E-state index in [1.165, 1.54) is 0 Å². The zero-order valence-corrected chi connectivity index (χ0v) is 14.7. The van der Waals surface area contributed by atoms with Crippen molar-refractivity contribution in [2.45, 2.75) is 39.0 Å². The van der Waals surface area contributed by atoms with Gasteiger partial charge in [0.1, 0.15) is 0 Å². The fourth-order valence-electron chi connectivity index (χ4n) is 2.25. The number of hydrogen-bond donors (Lipinski definition) is 1. The number of halogens is 1. The van der Waals surface area contributed by atoms with Gasteiger partial charge < -0.3 is 24.7 Å². The first-order valence-electron chi connectivity index (χ1n) is 7.54. The van der Waals surface area contributed by atoms with Crippen molar-refractivity contribution in [2.75, 3.05) is 13.2 Å². The van der Waals surface area contributed by atoms with Crippen molar-refractivity contribution in [3.05, 3.63) is 23.8 Å². The molecule has 0 bridgehead atoms. The highest BCUT2D eigenvalue weighted by atomic mass is 35.5. The molecule has 24 heavy (non-hydrogen) atoms. The standard InChI is InChI=1S/C16H21NO6.ClH/c1-4-20-14(18)16(15(19)21-5-2)22-12-7-6-11(8-10(3)17)9-13(12)23-16;/h6-7,9-10H,4-5,8,17H2,1-3H3;1H. The average Bonchev–Trinajstić information content (AvgIpc) is 2.87. The van der Waals surface area contributed by atoms with Crippen LogP contribution in [0.5, 0.6) is 11.5 Å². The van der Waals surface area contributed by atoms with Crippen LogP contribution in [0.2, 0.25) is 0 Å². The molecule has 1 aromatic rings. The lowest BCUT2D eigenvalue weighted by atomic mass is 10.1. The molecule has 0 radical (unpaired) electrons. The van der Waals surface area contributed by atoms with E-state index in [9.17, 15) is 9.59 Å². The molecular weight excluding hydrogens is 338 g/mol. The minimum Gasteiger partial charge on any atom is -0.460 e. The molecule has 8 heteroatoms. The lowest BCUT2D eigenvalue weighted by molar-refractivity contribution is -0.202. The zero-order chi connectivity index (χ0) is 17.0. The Morgan fingerprint density at radius 1 is 1.12 bits per heavy atom. The number of benzene rings is 1. The molecular formula is C16H22ClNO6. The first-order valence-corrected chi connectivity index (χ1v) is 7.54. The molecule has 1 aliphatic rings. The Balaban J connectivity index is 0.00000288. The summed E-state index contributed by atoms with van der Waals surface area (Å²) >= 11 is 0. The highest BCUT2D eigenvalue weighted by Gasteiger charge is 2.59. The molecule has 0 amide bonds.